The topological polar surface area (TPSA) is 73.0 Å². The molecule has 1 amide bonds. The van der Waals surface area contributed by atoms with Crippen LogP contribution in [-0.2, 0) is 19.4 Å². The molecule has 0 aliphatic heterocycles. The summed E-state index contributed by atoms with van der Waals surface area (Å²) in [4.78, 5) is 12.9. The van der Waals surface area contributed by atoms with Crippen LogP contribution in [0.5, 0.6) is 0 Å². The molecule has 4 rings (SSSR count). The zero-order valence-corrected chi connectivity index (χ0v) is 19.6. The van der Waals surface area contributed by atoms with Gasteiger partial charge in [0.15, 0.2) is 11.5 Å². The van der Waals surface area contributed by atoms with E-state index in [1.807, 2.05) is 29.8 Å². The van der Waals surface area contributed by atoms with Gasteiger partial charge in [0.1, 0.15) is 5.76 Å². The summed E-state index contributed by atoms with van der Waals surface area (Å²) in [5.41, 5.74) is 3.34. The highest BCUT2D eigenvalue weighted by atomic mass is 35.5. The lowest BCUT2D eigenvalue weighted by Gasteiger charge is -2.33. The van der Waals surface area contributed by atoms with E-state index in [2.05, 4.69) is 36.3 Å². The zero-order chi connectivity index (χ0) is 22.3. The van der Waals surface area contributed by atoms with Crippen LogP contribution in [0, 0.1) is 18.3 Å². The van der Waals surface area contributed by atoms with Crippen molar-refractivity contribution in [1.82, 2.24) is 14.9 Å². The third-order valence-corrected chi connectivity index (χ3v) is 6.76. The minimum Gasteiger partial charge on any atom is -0.360 e. The molecule has 2 aromatic heterocycles. The number of halogens is 2. The molecule has 8 heteroatoms. The van der Waals surface area contributed by atoms with E-state index >= 15 is 0 Å². The lowest BCUT2D eigenvalue weighted by molar-refractivity contribution is 0.101. The van der Waals surface area contributed by atoms with Crippen LogP contribution in [0.3, 0.4) is 0 Å². The quantitative estimate of drug-likeness (QED) is 0.522. The molecular weight excluding hydrogens is 435 g/mol. The Morgan fingerprint density at radius 1 is 1.26 bits per heavy atom. The van der Waals surface area contributed by atoms with Crippen molar-refractivity contribution in [1.29, 1.82) is 0 Å². The maximum absolute atomic E-state index is 12.9. The van der Waals surface area contributed by atoms with Crippen LogP contribution in [0.25, 0.3) is 0 Å². The number of amides is 1. The predicted octanol–water partition coefficient (Wildman–Crippen LogP) is 5.94. The molecule has 3 aromatic rings. The normalized spacial score (nSPS) is 16.3. The van der Waals surface area contributed by atoms with Gasteiger partial charge in [-0.05, 0) is 48.8 Å². The van der Waals surface area contributed by atoms with Gasteiger partial charge in [0, 0.05) is 23.7 Å². The van der Waals surface area contributed by atoms with E-state index in [4.69, 9.17) is 27.7 Å². The van der Waals surface area contributed by atoms with Crippen LogP contribution in [0.2, 0.25) is 10.0 Å². The summed E-state index contributed by atoms with van der Waals surface area (Å²) in [7, 11) is 0. The Labute approximate surface area is 191 Å². The minimum atomic E-state index is -0.293. The smallest absolute Gasteiger partial charge is 0.279 e. The van der Waals surface area contributed by atoms with Crippen molar-refractivity contribution >= 4 is 34.9 Å². The molecule has 1 aromatic carbocycles. The highest BCUT2D eigenvalue weighted by Gasteiger charge is 2.34. The zero-order valence-electron chi connectivity index (χ0n) is 18.1. The van der Waals surface area contributed by atoms with Gasteiger partial charge in [-0.15, -0.1) is 0 Å². The van der Waals surface area contributed by atoms with E-state index in [0.29, 0.717) is 34.0 Å². The first-order chi connectivity index (χ1) is 14.6. The minimum absolute atomic E-state index is 0.170. The molecule has 0 saturated heterocycles. The number of nitrogens with one attached hydrogen (secondary N) is 1. The summed E-state index contributed by atoms with van der Waals surface area (Å²) in [6, 6.07) is 7.32. The van der Waals surface area contributed by atoms with Gasteiger partial charge < -0.3 is 9.84 Å². The molecule has 0 fully saturated rings. The molecule has 6 nitrogen and oxygen atoms in total. The van der Waals surface area contributed by atoms with Crippen LogP contribution in [0.4, 0.5) is 5.82 Å². The highest BCUT2D eigenvalue weighted by molar-refractivity contribution is 6.42. The second kappa shape index (κ2) is 8.32. The lowest BCUT2D eigenvalue weighted by atomic mass is 9.71. The summed E-state index contributed by atoms with van der Waals surface area (Å²) >= 11 is 12.1. The SMILES string of the molecule is Cc1cc(NC(=O)c2noc3c2CC(C(C)(C)C)CC3)nn1Cc1ccc(Cl)c(Cl)c1. The van der Waals surface area contributed by atoms with Gasteiger partial charge in [0.05, 0.1) is 16.6 Å². The molecule has 0 bridgehead atoms. The molecule has 164 valence electrons. The number of rotatable bonds is 4. The monoisotopic (exact) mass is 460 g/mol. The van der Waals surface area contributed by atoms with Gasteiger partial charge in [-0.2, -0.15) is 5.10 Å². The van der Waals surface area contributed by atoms with Crippen molar-refractivity contribution in [2.45, 2.75) is 53.5 Å². The fourth-order valence-electron chi connectivity index (χ4n) is 4.04. The maximum Gasteiger partial charge on any atom is 0.279 e. The molecule has 0 radical (unpaired) electrons. The average Bonchev–Trinajstić information content (AvgIpc) is 3.27. The molecule has 0 saturated carbocycles. The van der Waals surface area contributed by atoms with Crippen molar-refractivity contribution < 1.29 is 9.32 Å². The number of fused-ring (bicyclic) bond motifs is 1. The number of carbonyl (C=O) groups is 1. The lowest BCUT2D eigenvalue weighted by Crippen LogP contribution is -2.27. The first-order valence-electron chi connectivity index (χ1n) is 10.4. The number of hydrogen-bond acceptors (Lipinski definition) is 4. The maximum atomic E-state index is 12.9. The van der Waals surface area contributed by atoms with Crippen LogP contribution in [0.1, 0.15) is 60.3 Å². The average molecular weight is 461 g/mol. The molecule has 0 spiro atoms. The second-order valence-electron chi connectivity index (χ2n) is 9.27. The fourth-order valence-corrected chi connectivity index (χ4v) is 4.36. The van der Waals surface area contributed by atoms with Crippen LogP contribution in [0.15, 0.2) is 28.8 Å². The number of carbonyl (C=O) groups excluding carboxylic acids is 1. The first-order valence-corrected chi connectivity index (χ1v) is 11.1. The fraction of sp³-hybridized carbons (Fsp3) is 0.435. The van der Waals surface area contributed by atoms with E-state index in [1.165, 1.54) is 0 Å². The number of aryl methyl sites for hydroxylation is 2. The van der Waals surface area contributed by atoms with Crippen molar-refractivity contribution in [3.63, 3.8) is 0 Å². The van der Waals surface area contributed by atoms with Crippen molar-refractivity contribution in [2.24, 2.45) is 11.3 Å². The second-order valence-corrected chi connectivity index (χ2v) is 10.1. The third kappa shape index (κ3) is 4.65. The molecule has 1 aliphatic carbocycles. The van der Waals surface area contributed by atoms with Gasteiger partial charge >= 0.3 is 0 Å². The van der Waals surface area contributed by atoms with E-state index in [0.717, 1.165) is 41.8 Å². The number of hydrogen-bond donors (Lipinski definition) is 1. The van der Waals surface area contributed by atoms with Crippen molar-refractivity contribution in [3.8, 4) is 0 Å². The Morgan fingerprint density at radius 3 is 2.74 bits per heavy atom. The van der Waals surface area contributed by atoms with Gasteiger partial charge in [-0.1, -0.05) is 55.2 Å². The van der Waals surface area contributed by atoms with Crippen molar-refractivity contribution in [2.75, 3.05) is 5.32 Å². The van der Waals surface area contributed by atoms with Gasteiger partial charge in [-0.3, -0.25) is 9.48 Å². The molecule has 31 heavy (non-hydrogen) atoms. The Morgan fingerprint density at radius 2 is 2.03 bits per heavy atom. The van der Waals surface area contributed by atoms with Crippen LogP contribution in [-0.4, -0.2) is 20.8 Å². The number of benzene rings is 1. The third-order valence-electron chi connectivity index (χ3n) is 6.02. The standard InChI is InChI=1S/C23H26Cl2N4O2/c1-13-9-20(27-29(13)12-14-5-7-17(24)18(25)10-14)26-22(30)21-16-11-15(23(2,3)4)6-8-19(16)31-28-21/h5,7,9-10,15H,6,8,11-12H2,1-4H3,(H,26,27,30). The Bertz CT molecular complexity index is 1130. The predicted molar refractivity (Wildman–Crippen MR) is 122 cm³/mol. The molecule has 1 atom stereocenters. The Kier molecular flexibility index (Phi) is 5.88. The summed E-state index contributed by atoms with van der Waals surface area (Å²) in [6.07, 6.45) is 2.66. The van der Waals surface area contributed by atoms with E-state index < -0.39 is 0 Å². The van der Waals surface area contributed by atoms with Gasteiger partial charge in [0.25, 0.3) is 5.91 Å². The molecular formula is C23H26Cl2N4O2. The molecule has 1 aliphatic rings. The van der Waals surface area contributed by atoms with Gasteiger partial charge in [-0.25, -0.2) is 0 Å². The van der Waals surface area contributed by atoms with E-state index in [-0.39, 0.29) is 11.3 Å². The van der Waals surface area contributed by atoms with Crippen LogP contribution < -0.4 is 5.32 Å². The largest absolute Gasteiger partial charge is 0.360 e. The summed E-state index contributed by atoms with van der Waals surface area (Å²) in [6.45, 7) is 9.16. The van der Waals surface area contributed by atoms with E-state index in [1.54, 1.807) is 6.07 Å². The number of aromatic nitrogens is 3. The summed E-state index contributed by atoms with van der Waals surface area (Å²) < 4.78 is 7.28. The van der Waals surface area contributed by atoms with E-state index in [9.17, 15) is 4.79 Å². The number of anilines is 1. The first kappa shape index (κ1) is 21.9. The number of nitrogens with zero attached hydrogens (tertiary/aromatic N) is 3. The molecule has 1 unspecified atom stereocenters. The van der Waals surface area contributed by atoms with Crippen LogP contribution >= 0.6 is 23.2 Å². The highest BCUT2D eigenvalue weighted by Crippen LogP contribution is 2.38. The Hall–Kier alpha value is -2.31. The Balaban J connectivity index is 1.50. The summed E-state index contributed by atoms with van der Waals surface area (Å²) in [5.74, 6) is 1.49. The van der Waals surface area contributed by atoms with Gasteiger partial charge in [0.2, 0.25) is 0 Å². The molecule has 1 N–H and O–H groups in total. The molecule has 2 heterocycles. The summed E-state index contributed by atoms with van der Waals surface area (Å²) in [5, 5.41) is 12.5. The van der Waals surface area contributed by atoms with Crippen molar-refractivity contribution in [3.05, 3.63) is 62.6 Å².